The number of aliphatic carboxylic acids is 1. The molecular formula is C23H20Cl2FN3O3. The Morgan fingerprint density at radius 2 is 2.03 bits per heavy atom. The minimum absolute atomic E-state index is 0.0209. The molecule has 2 aromatic carbocycles. The molecule has 4 rings (SSSR count). The fraction of sp³-hybridized carbons (Fsp3) is 0.348. The van der Waals surface area contributed by atoms with Gasteiger partial charge in [-0.2, -0.15) is 5.26 Å². The summed E-state index contributed by atoms with van der Waals surface area (Å²) < 4.78 is 15.3. The van der Waals surface area contributed by atoms with Crippen LogP contribution >= 0.6 is 23.2 Å². The minimum Gasteiger partial charge on any atom is -0.480 e. The molecule has 1 amide bonds. The summed E-state index contributed by atoms with van der Waals surface area (Å²) >= 11 is 12.2. The van der Waals surface area contributed by atoms with E-state index in [2.05, 4.69) is 16.7 Å². The fourth-order valence-corrected chi connectivity index (χ4v) is 5.44. The summed E-state index contributed by atoms with van der Waals surface area (Å²) in [7, 11) is 0. The number of anilines is 1. The number of hydrogen-bond donors (Lipinski definition) is 3. The van der Waals surface area contributed by atoms with Crippen LogP contribution in [0, 0.1) is 22.6 Å². The van der Waals surface area contributed by atoms with E-state index in [-0.39, 0.29) is 17.0 Å². The Balaban J connectivity index is 2.04. The van der Waals surface area contributed by atoms with E-state index in [0.717, 1.165) is 0 Å². The maximum Gasteiger partial charge on any atom is 0.321 e. The van der Waals surface area contributed by atoms with Crippen molar-refractivity contribution in [3.8, 4) is 6.07 Å². The molecular weight excluding hydrogens is 456 g/mol. The molecule has 0 saturated carbocycles. The number of carbonyl (C=O) groups is 2. The topological polar surface area (TPSA) is 102 Å². The predicted octanol–water partition coefficient (Wildman–Crippen LogP) is 4.47. The van der Waals surface area contributed by atoms with Gasteiger partial charge in [0.15, 0.2) is 0 Å². The van der Waals surface area contributed by atoms with Crippen molar-refractivity contribution >= 4 is 40.8 Å². The molecule has 9 heteroatoms. The van der Waals surface area contributed by atoms with Gasteiger partial charge in [0.25, 0.3) is 0 Å². The second-order valence-corrected chi connectivity index (χ2v) is 9.71. The van der Waals surface area contributed by atoms with Crippen LogP contribution in [0.5, 0.6) is 0 Å². The third-order valence-corrected chi connectivity index (χ3v) is 6.93. The highest BCUT2D eigenvalue weighted by atomic mass is 35.5. The highest BCUT2D eigenvalue weighted by Crippen LogP contribution is 2.57. The Morgan fingerprint density at radius 1 is 1.31 bits per heavy atom. The number of benzene rings is 2. The Bertz CT molecular complexity index is 1180. The quantitative estimate of drug-likeness (QED) is 0.605. The van der Waals surface area contributed by atoms with Gasteiger partial charge in [-0.25, -0.2) is 4.39 Å². The molecule has 1 saturated heterocycles. The Hall–Kier alpha value is -2.66. The molecule has 166 valence electrons. The van der Waals surface area contributed by atoms with Crippen LogP contribution in [0.1, 0.15) is 37.3 Å². The van der Waals surface area contributed by atoms with Crippen molar-refractivity contribution in [2.24, 2.45) is 5.41 Å². The number of carboxylic acids is 1. The number of hydrogen-bond acceptors (Lipinski definition) is 4. The number of carbonyl (C=O) groups excluding carboxylic acids is 1. The summed E-state index contributed by atoms with van der Waals surface area (Å²) in [5, 5.41) is 25.8. The molecule has 2 heterocycles. The number of carboxylic acid groups (broad SMARTS) is 1. The van der Waals surface area contributed by atoms with Gasteiger partial charge in [-0.1, -0.05) is 41.4 Å². The Kier molecular flexibility index (Phi) is 5.44. The van der Waals surface area contributed by atoms with Crippen molar-refractivity contribution in [1.29, 1.82) is 5.26 Å². The summed E-state index contributed by atoms with van der Waals surface area (Å²) in [6.07, 6.45) is 0.154. The highest BCUT2D eigenvalue weighted by Gasteiger charge is 2.66. The van der Waals surface area contributed by atoms with Gasteiger partial charge in [0.2, 0.25) is 5.91 Å². The first-order valence-corrected chi connectivity index (χ1v) is 10.7. The lowest BCUT2D eigenvalue weighted by molar-refractivity contribution is -0.139. The molecule has 3 N–H and O–H groups in total. The van der Waals surface area contributed by atoms with E-state index in [0.29, 0.717) is 16.3 Å². The van der Waals surface area contributed by atoms with Crippen molar-refractivity contribution in [2.75, 3.05) is 5.32 Å². The third kappa shape index (κ3) is 3.25. The van der Waals surface area contributed by atoms with Gasteiger partial charge in [-0.05, 0) is 49.6 Å². The molecule has 32 heavy (non-hydrogen) atoms. The number of amides is 1. The van der Waals surface area contributed by atoms with Crippen molar-refractivity contribution in [3.63, 3.8) is 0 Å². The average molecular weight is 476 g/mol. The molecule has 4 atom stereocenters. The largest absolute Gasteiger partial charge is 0.480 e. The maximum atomic E-state index is 15.3. The molecule has 0 bridgehead atoms. The van der Waals surface area contributed by atoms with E-state index in [9.17, 15) is 20.0 Å². The van der Waals surface area contributed by atoms with Crippen LogP contribution in [0.4, 0.5) is 10.1 Å². The zero-order chi connectivity index (χ0) is 23.4. The van der Waals surface area contributed by atoms with E-state index in [1.807, 2.05) is 0 Å². The molecule has 2 aliphatic heterocycles. The Labute approximate surface area is 194 Å². The van der Waals surface area contributed by atoms with Crippen molar-refractivity contribution < 1.29 is 19.1 Å². The van der Waals surface area contributed by atoms with E-state index >= 15 is 4.39 Å². The highest BCUT2D eigenvalue weighted by molar-refractivity contribution is 6.31. The molecule has 0 unspecified atom stereocenters. The molecule has 2 aromatic rings. The van der Waals surface area contributed by atoms with Gasteiger partial charge in [0.1, 0.15) is 17.3 Å². The standard InChI is InChI=1S/C23H20Cl2FN3O3/c1-22(2,10-27)9-16-23(13-7-6-11(24)8-15(13)28-21(23)32)17(19(29-16)20(30)31)12-4-3-5-14(25)18(12)26/h3-8,16-17,19,29H,9H2,1-2H3,(H,28,32)(H,30,31)/t16-,17-,19+,23+/m0/s1. The monoisotopic (exact) mass is 475 g/mol. The van der Waals surface area contributed by atoms with E-state index in [1.165, 1.54) is 18.2 Å². The van der Waals surface area contributed by atoms with Gasteiger partial charge >= 0.3 is 5.97 Å². The van der Waals surface area contributed by atoms with Gasteiger partial charge in [-0.15, -0.1) is 0 Å². The lowest BCUT2D eigenvalue weighted by atomic mass is 9.62. The predicted molar refractivity (Wildman–Crippen MR) is 118 cm³/mol. The van der Waals surface area contributed by atoms with Crippen LogP contribution in [0.15, 0.2) is 36.4 Å². The van der Waals surface area contributed by atoms with Gasteiger partial charge in [0.05, 0.1) is 16.5 Å². The SMILES string of the molecule is CC(C)(C#N)C[C@@H]1N[C@@H](C(=O)O)[C@H](c2cccc(Cl)c2F)[C@]12C(=O)Nc1cc(Cl)ccc12. The summed E-state index contributed by atoms with van der Waals surface area (Å²) in [6.45, 7) is 3.42. The minimum atomic E-state index is -1.50. The second kappa shape index (κ2) is 7.73. The summed E-state index contributed by atoms with van der Waals surface area (Å²) in [6, 6.07) is 9.31. The summed E-state index contributed by atoms with van der Waals surface area (Å²) in [5.74, 6) is -3.61. The number of fused-ring (bicyclic) bond motifs is 2. The normalized spacial score (nSPS) is 26.6. The van der Waals surface area contributed by atoms with E-state index in [1.54, 1.807) is 32.0 Å². The van der Waals surface area contributed by atoms with E-state index in [4.69, 9.17) is 23.2 Å². The van der Waals surface area contributed by atoms with Crippen LogP contribution in [0.3, 0.4) is 0 Å². The number of nitrogens with one attached hydrogen (secondary N) is 2. The lowest BCUT2D eigenvalue weighted by Gasteiger charge is -2.37. The average Bonchev–Trinajstić information content (AvgIpc) is 3.20. The fourth-order valence-electron chi connectivity index (χ4n) is 5.08. The zero-order valence-electron chi connectivity index (χ0n) is 17.2. The molecule has 1 spiro atoms. The molecule has 2 aliphatic rings. The molecule has 1 fully saturated rings. The van der Waals surface area contributed by atoms with Gasteiger partial charge in [0, 0.05) is 22.7 Å². The lowest BCUT2D eigenvalue weighted by Crippen LogP contribution is -2.50. The molecule has 6 nitrogen and oxygen atoms in total. The van der Waals surface area contributed by atoms with Crippen molar-refractivity contribution in [2.45, 2.75) is 43.7 Å². The van der Waals surface area contributed by atoms with Crippen LogP contribution in [0.2, 0.25) is 10.0 Å². The second-order valence-electron chi connectivity index (χ2n) is 8.87. The van der Waals surface area contributed by atoms with E-state index < -0.39 is 46.5 Å². The van der Waals surface area contributed by atoms with Crippen molar-refractivity contribution in [1.82, 2.24) is 5.32 Å². The number of rotatable bonds is 4. The van der Waals surface area contributed by atoms with Crippen LogP contribution in [0.25, 0.3) is 0 Å². The maximum absolute atomic E-state index is 15.3. The first kappa shape index (κ1) is 22.5. The van der Waals surface area contributed by atoms with Crippen LogP contribution in [-0.2, 0) is 15.0 Å². The van der Waals surface area contributed by atoms with Crippen LogP contribution < -0.4 is 10.6 Å². The van der Waals surface area contributed by atoms with Crippen LogP contribution in [-0.4, -0.2) is 29.1 Å². The number of nitriles is 1. The smallest absolute Gasteiger partial charge is 0.321 e. The molecule has 0 aliphatic carbocycles. The van der Waals surface area contributed by atoms with Gasteiger partial charge < -0.3 is 10.4 Å². The van der Waals surface area contributed by atoms with Crippen molar-refractivity contribution in [3.05, 3.63) is 63.4 Å². The number of nitrogens with zero attached hydrogens (tertiary/aromatic N) is 1. The Morgan fingerprint density at radius 3 is 2.69 bits per heavy atom. The summed E-state index contributed by atoms with van der Waals surface area (Å²) in [5.41, 5.74) is -1.42. The number of halogens is 3. The summed E-state index contributed by atoms with van der Waals surface area (Å²) in [4.78, 5) is 26.0. The first-order chi connectivity index (χ1) is 15.0. The molecule has 0 radical (unpaired) electrons. The third-order valence-electron chi connectivity index (χ3n) is 6.41. The van der Waals surface area contributed by atoms with Gasteiger partial charge in [-0.3, -0.25) is 14.9 Å². The zero-order valence-corrected chi connectivity index (χ0v) is 18.8. The molecule has 0 aromatic heterocycles. The first-order valence-electron chi connectivity index (χ1n) is 9.98.